The molecule has 1 fully saturated rings. The average Bonchev–Trinajstić information content (AvgIpc) is 2.48. The van der Waals surface area contributed by atoms with Crippen molar-refractivity contribution in [3.8, 4) is 5.75 Å². The van der Waals surface area contributed by atoms with Crippen LogP contribution >= 0.6 is 15.9 Å². The number of aliphatic hydroxyl groups excluding tert-OH is 1. The Morgan fingerprint density at radius 2 is 2.10 bits per heavy atom. The van der Waals surface area contributed by atoms with Crippen molar-refractivity contribution in [3.63, 3.8) is 0 Å². The summed E-state index contributed by atoms with van der Waals surface area (Å²) in [6, 6.07) is 5.81. The summed E-state index contributed by atoms with van der Waals surface area (Å²) in [4.78, 5) is 11.9. The molecule has 1 aliphatic carbocycles. The number of benzene rings is 1. The normalized spacial score (nSPS) is 22.2. The number of hydrogen-bond acceptors (Lipinski definition) is 3. The number of amides is 1. The van der Waals surface area contributed by atoms with Gasteiger partial charge in [-0.15, -0.1) is 0 Å². The molecule has 1 aliphatic rings. The van der Waals surface area contributed by atoms with Crippen LogP contribution in [-0.2, 0) is 4.79 Å². The lowest BCUT2D eigenvalue weighted by molar-refractivity contribution is -0.117. The molecular weight excluding hydrogens is 334 g/mol. The Hall–Kier alpha value is -1.33. The van der Waals surface area contributed by atoms with Gasteiger partial charge >= 0.3 is 0 Å². The smallest absolute Gasteiger partial charge is 0.244 e. The van der Waals surface area contributed by atoms with Gasteiger partial charge in [0.25, 0.3) is 0 Å². The summed E-state index contributed by atoms with van der Waals surface area (Å²) in [5, 5.41) is 12.4. The SMILES string of the molecule is COc1ccc(Br)cc1C=CC(=O)NC1CCC(O)CC1. The molecule has 0 bridgehead atoms. The van der Waals surface area contributed by atoms with Gasteiger partial charge in [0.1, 0.15) is 5.75 Å². The summed E-state index contributed by atoms with van der Waals surface area (Å²) in [5.74, 6) is 0.612. The third-order valence-corrected chi connectivity index (χ3v) is 4.14. The lowest BCUT2D eigenvalue weighted by atomic mass is 9.93. The Morgan fingerprint density at radius 1 is 1.38 bits per heavy atom. The molecule has 0 radical (unpaired) electrons. The van der Waals surface area contributed by atoms with Crippen LogP contribution in [0, 0.1) is 0 Å². The number of aliphatic hydroxyl groups is 1. The number of rotatable bonds is 4. The predicted molar refractivity (Wildman–Crippen MR) is 86.1 cm³/mol. The lowest BCUT2D eigenvalue weighted by Crippen LogP contribution is -2.37. The molecule has 0 aliphatic heterocycles. The third-order valence-electron chi connectivity index (χ3n) is 3.65. The van der Waals surface area contributed by atoms with Crippen LogP contribution < -0.4 is 10.1 Å². The van der Waals surface area contributed by atoms with Crippen molar-refractivity contribution in [2.24, 2.45) is 0 Å². The fourth-order valence-corrected chi connectivity index (χ4v) is 2.85. The maximum absolute atomic E-state index is 11.9. The van der Waals surface area contributed by atoms with Crippen molar-refractivity contribution in [2.75, 3.05) is 7.11 Å². The van der Waals surface area contributed by atoms with E-state index in [1.807, 2.05) is 18.2 Å². The van der Waals surface area contributed by atoms with Crippen LogP contribution in [0.15, 0.2) is 28.7 Å². The number of carbonyl (C=O) groups is 1. The molecule has 1 aromatic rings. The zero-order valence-electron chi connectivity index (χ0n) is 12.0. The first-order valence-electron chi connectivity index (χ1n) is 7.08. The molecule has 21 heavy (non-hydrogen) atoms. The Labute approximate surface area is 133 Å². The molecule has 114 valence electrons. The van der Waals surface area contributed by atoms with Gasteiger partial charge in [0, 0.05) is 22.2 Å². The average molecular weight is 354 g/mol. The number of hydrogen-bond donors (Lipinski definition) is 2. The standard InChI is InChI=1S/C16H20BrNO3/c1-21-15-8-3-12(17)10-11(15)2-9-16(20)18-13-4-6-14(19)7-5-13/h2-3,8-10,13-14,19H,4-7H2,1H3,(H,18,20). The first-order valence-corrected chi connectivity index (χ1v) is 7.88. The van der Waals surface area contributed by atoms with Crippen LogP contribution in [0.25, 0.3) is 6.08 Å². The van der Waals surface area contributed by atoms with Crippen LogP contribution in [0.4, 0.5) is 0 Å². The molecule has 2 rings (SSSR count). The third kappa shape index (κ3) is 4.86. The van der Waals surface area contributed by atoms with Crippen LogP contribution in [0.1, 0.15) is 31.2 Å². The molecular formula is C16H20BrNO3. The summed E-state index contributed by atoms with van der Waals surface area (Å²) in [6.07, 6.45) is 6.25. The quantitative estimate of drug-likeness (QED) is 0.818. The van der Waals surface area contributed by atoms with Crippen molar-refractivity contribution < 1.29 is 14.6 Å². The first-order chi connectivity index (χ1) is 10.1. The van der Waals surface area contributed by atoms with E-state index in [4.69, 9.17) is 4.74 Å². The summed E-state index contributed by atoms with van der Waals surface area (Å²) >= 11 is 3.40. The van der Waals surface area contributed by atoms with Gasteiger partial charge in [-0.1, -0.05) is 15.9 Å². The summed E-state index contributed by atoms with van der Waals surface area (Å²) in [5.41, 5.74) is 0.848. The van der Waals surface area contributed by atoms with Gasteiger partial charge in [0.05, 0.1) is 13.2 Å². The van der Waals surface area contributed by atoms with E-state index >= 15 is 0 Å². The van der Waals surface area contributed by atoms with E-state index < -0.39 is 0 Å². The molecule has 0 unspecified atom stereocenters. The maximum atomic E-state index is 11.9. The van der Waals surface area contributed by atoms with Gasteiger partial charge in [0.2, 0.25) is 5.91 Å². The molecule has 2 N–H and O–H groups in total. The summed E-state index contributed by atoms with van der Waals surface area (Å²) < 4.78 is 6.20. The van der Waals surface area contributed by atoms with Gasteiger partial charge in [-0.25, -0.2) is 0 Å². The number of ether oxygens (including phenoxy) is 1. The van der Waals surface area contributed by atoms with Gasteiger partial charge in [-0.2, -0.15) is 0 Å². The fraction of sp³-hybridized carbons (Fsp3) is 0.438. The van der Waals surface area contributed by atoms with Crippen molar-refractivity contribution in [1.82, 2.24) is 5.32 Å². The monoisotopic (exact) mass is 353 g/mol. The van der Waals surface area contributed by atoms with Crippen molar-refractivity contribution in [3.05, 3.63) is 34.3 Å². The molecule has 0 aromatic heterocycles. The lowest BCUT2D eigenvalue weighted by Gasteiger charge is -2.25. The van der Waals surface area contributed by atoms with E-state index in [1.165, 1.54) is 6.08 Å². The number of halogens is 1. The highest BCUT2D eigenvalue weighted by Gasteiger charge is 2.19. The molecule has 0 spiro atoms. The molecule has 1 saturated carbocycles. The second-order valence-electron chi connectivity index (χ2n) is 5.23. The van der Waals surface area contributed by atoms with Crippen molar-refractivity contribution in [2.45, 2.75) is 37.8 Å². The second-order valence-corrected chi connectivity index (χ2v) is 6.15. The fourth-order valence-electron chi connectivity index (χ4n) is 2.47. The molecule has 5 heteroatoms. The molecule has 1 amide bonds. The molecule has 0 atom stereocenters. The van der Waals surface area contributed by atoms with E-state index in [9.17, 15) is 9.90 Å². The Bertz CT molecular complexity index is 522. The molecule has 1 aromatic carbocycles. The van der Waals surface area contributed by atoms with Gasteiger partial charge in [-0.05, 0) is 50.0 Å². The van der Waals surface area contributed by atoms with Crippen LogP contribution in [0.5, 0.6) is 5.75 Å². The van der Waals surface area contributed by atoms with Gasteiger partial charge in [-0.3, -0.25) is 4.79 Å². The predicted octanol–water partition coefficient (Wildman–Crippen LogP) is 2.89. The van der Waals surface area contributed by atoms with Gasteiger partial charge < -0.3 is 15.2 Å². The highest BCUT2D eigenvalue weighted by molar-refractivity contribution is 9.10. The number of nitrogens with one attached hydrogen (secondary N) is 1. The Kier molecular flexibility index (Phi) is 5.82. The van der Waals surface area contributed by atoms with Crippen molar-refractivity contribution >= 4 is 27.9 Å². The van der Waals surface area contributed by atoms with E-state index in [1.54, 1.807) is 13.2 Å². The van der Waals surface area contributed by atoms with E-state index in [0.29, 0.717) is 0 Å². The molecule has 0 heterocycles. The van der Waals surface area contributed by atoms with Crippen LogP contribution in [0.3, 0.4) is 0 Å². The van der Waals surface area contributed by atoms with Crippen LogP contribution in [0.2, 0.25) is 0 Å². The summed E-state index contributed by atoms with van der Waals surface area (Å²) in [6.45, 7) is 0. The first kappa shape index (κ1) is 16.0. The Morgan fingerprint density at radius 3 is 2.76 bits per heavy atom. The minimum absolute atomic E-state index is 0.113. The second kappa shape index (κ2) is 7.61. The highest BCUT2D eigenvalue weighted by atomic mass is 79.9. The topological polar surface area (TPSA) is 58.6 Å². The van der Waals surface area contributed by atoms with E-state index in [-0.39, 0.29) is 18.1 Å². The van der Waals surface area contributed by atoms with Crippen LogP contribution in [-0.4, -0.2) is 30.3 Å². The minimum Gasteiger partial charge on any atom is -0.496 e. The Balaban J connectivity index is 1.94. The van der Waals surface area contributed by atoms with E-state index in [0.717, 1.165) is 41.5 Å². The zero-order valence-corrected chi connectivity index (χ0v) is 13.6. The molecule has 4 nitrogen and oxygen atoms in total. The number of methoxy groups -OCH3 is 1. The largest absolute Gasteiger partial charge is 0.496 e. The number of carbonyl (C=O) groups excluding carboxylic acids is 1. The zero-order chi connectivity index (χ0) is 15.2. The minimum atomic E-state index is -0.209. The summed E-state index contributed by atoms with van der Waals surface area (Å²) in [7, 11) is 1.61. The highest BCUT2D eigenvalue weighted by Crippen LogP contribution is 2.24. The van der Waals surface area contributed by atoms with Gasteiger partial charge in [0.15, 0.2) is 0 Å². The van der Waals surface area contributed by atoms with Crippen molar-refractivity contribution in [1.29, 1.82) is 0 Å². The maximum Gasteiger partial charge on any atom is 0.244 e. The van der Waals surface area contributed by atoms with E-state index in [2.05, 4.69) is 21.2 Å². The molecule has 0 saturated heterocycles.